The molecule has 0 fully saturated rings. The first-order valence-electron chi connectivity index (χ1n) is 7.33. The van der Waals surface area contributed by atoms with Gasteiger partial charge in [-0.15, -0.1) is 0 Å². The molecule has 0 radical (unpaired) electrons. The summed E-state index contributed by atoms with van der Waals surface area (Å²) in [4.78, 5) is 23.8. The van der Waals surface area contributed by atoms with Crippen molar-refractivity contribution in [3.63, 3.8) is 0 Å². The Balaban J connectivity index is 2.20. The van der Waals surface area contributed by atoms with Crippen molar-refractivity contribution in [3.8, 4) is 0 Å². The fourth-order valence-electron chi connectivity index (χ4n) is 2.09. The lowest BCUT2D eigenvalue weighted by Gasteiger charge is -2.23. The van der Waals surface area contributed by atoms with Crippen molar-refractivity contribution >= 4 is 11.6 Å². The molecule has 2 aromatic rings. The largest absolute Gasteiger partial charge is 0.387 e. The smallest absolute Gasteiger partial charge is 0.256 e. The normalized spacial score (nSPS) is 12.7. The van der Waals surface area contributed by atoms with Crippen LogP contribution in [0.4, 0.5) is 10.1 Å². The topological polar surface area (TPSA) is 91.6 Å². The molecule has 0 aliphatic carbocycles. The van der Waals surface area contributed by atoms with E-state index in [0.717, 1.165) is 0 Å². The number of aliphatic hydroxyl groups excluding tert-OH is 1. The molecule has 2 rings (SSSR count). The fraction of sp³-hybridized carbons (Fsp3) is 0.294. The third-order valence-corrected chi connectivity index (χ3v) is 3.41. The second-order valence-electron chi connectivity index (χ2n) is 6.06. The lowest BCUT2D eigenvalue weighted by Crippen LogP contribution is -2.45. The number of halogens is 1. The number of amides is 1. The van der Waals surface area contributed by atoms with Crippen molar-refractivity contribution in [2.24, 2.45) is 0 Å². The summed E-state index contributed by atoms with van der Waals surface area (Å²) >= 11 is 0. The highest BCUT2D eigenvalue weighted by Gasteiger charge is 2.31. The minimum atomic E-state index is -1.62. The third kappa shape index (κ3) is 4.50. The summed E-state index contributed by atoms with van der Waals surface area (Å²) in [6.45, 7) is 2.75. The van der Waals surface area contributed by atoms with Gasteiger partial charge < -0.3 is 20.1 Å². The predicted molar refractivity (Wildman–Crippen MR) is 87.1 cm³/mol. The molecule has 1 aromatic carbocycles. The Morgan fingerprint density at radius 2 is 2.04 bits per heavy atom. The number of benzene rings is 1. The van der Waals surface area contributed by atoms with E-state index in [1.165, 1.54) is 48.9 Å². The highest BCUT2D eigenvalue weighted by Crippen LogP contribution is 2.12. The highest BCUT2D eigenvalue weighted by atomic mass is 19.1. The molecule has 0 aliphatic heterocycles. The Morgan fingerprint density at radius 3 is 2.67 bits per heavy atom. The van der Waals surface area contributed by atoms with Crippen molar-refractivity contribution in [1.29, 1.82) is 0 Å². The third-order valence-electron chi connectivity index (χ3n) is 3.41. The molecule has 1 unspecified atom stereocenters. The highest BCUT2D eigenvalue weighted by molar-refractivity contribution is 5.94. The molecule has 3 N–H and O–H groups in total. The van der Waals surface area contributed by atoms with E-state index in [9.17, 15) is 24.2 Å². The van der Waals surface area contributed by atoms with E-state index in [4.69, 9.17) is 0 Å². The van der Waals surface area contributed by atoms with Crippen molar-refractivity contribution in [2.45, 2.75) is 32.1 Å². The fourth-order valence-corrected chi connectivity index (χ4v) is 2.09. The minimum Gasteiger partial charge on any atom is -0.387 e. The van der Waals surface area contributed by atoms with E-state index in [-0.39, 0.29) is 17.8 Å². The number of pyridine rings is 1. The zero-order valence-corrected chi connectivity index (χ0v) is 13.4. The molecule has 7 heteroatoms. The van der Waals surface area contributed by atoms with Gasteiger partial charge in [-0.2, -0.15) is 0 Å². The van der Waals surface area contributed by atoms with Crippen LogP contribution in [-0.2, 0) is 11.3 Å². The van der Waals surface area contributed by atoms with Gasteiger partial charge in [0, 0.05) is 12.3 Å². The molecular weight excluding hydrogens is 315 g/mol. The Morgan fingerprint density at radius 1 is 1.33 bits per heavy atom. The molecule has 24 heavy (non-hydrogen) atoms. The maximum Gasteiger partial charge on any atom is 0.256 e. The Hall–Kier alpha value is -2.51. The van der Waals surface area contributed by atoms with Gasteiger partial charge in [0.2, 0.25) is 0 Å². The van der Waals surface area contributed by atoms with Gasteiger partial charge in [0.25, 0.3) is 11.5 Å². The lowest BCUT2D eigenvalue weighted by molar-refractivity contribution is -0.136. The van der Waals surface area contributed by atoms with Crippen molar-refractivity contribution in [3.05, 3.63) is 64.3 Å². The molecule has 6 nitrogen and oxygen atoms in total. The van der Waals surface area contributed by atoms with Crippen LogP contribution in [0.15, 0.2) is 47.4 Å². The molecule has 128 valence electrons. The number of carbonyl (C=O) groups is 1. The van der Waals surface area contributed by atoms with Crippen molar-refractivity contribution in [1.82, 2.24) is 4.57 Å². The Kier molecular flexibility index (Phi) is 5.16. The maximum atomic E-state index is 13.2. The zero-order chi connectivity index (χ0) is 17.9. The van der Waals surface area contributed by atoms with Crippen LogP contribution in [0.5, 0.6) is 0 Å². The number of aliphatic hydroxyl groups is 2. The van der Waals surface area contributed by atoms with Gasteiger partial charge in [0.1, 0.15) is 5.82 Å². The first-order chi connectivity index (χ1) is 11.2. The van der Waals surface area contributed by atoms with E-state index >= 15 is 0 Å². The van der Waals surface area contributed by atoms with E-state index in [1.807, 2.05) is 0 Å². The predicted octanol–water partition coefficient (Wildman–Crippen LogP) is 1.11. The molecule has 0 aliphatic rings. The van der Waals surface area contributed by atoms with Gasteiger partial charge in [-0.3, -0.25) is 9.59 Å². The first-order valence-corrected chi connectivity index (χ1v) is 7.33. The quantitative estimate of drug-likeness (QED) is 0.764. The van der Waals surface area contributed by atoms with Crippen LogP contribution in [0.25, 0.3) is 0 Å². The Labute approximate surface area is 138 Å². The minimum absolute atomic E-state index is 0.133. The molecule has 1 atom stereocenters. The second-order valence-corrected chi connectivity index (χ2v) is 6.06. The van der Waals surface area contributed by atoms with Crippen LogP contribution in [0.3, 0.4) is 0 Å². The number of anilines is 1. The molecule has 1 amide bonds. The lowest BCUT2D eigenvalue weighted by atomic mass is 10.0. The number of aromatic nitrogens is 1. The van der Waals surface area contributed by atoms with Gasteiger partial charge in [0.15, 0.2) is 6.10 Å². The molecular formula is C17H19FN2O4. The van der Waals surface area contributed by atoms with Crippen LogP contribution in [0, 0.1) is 5.82 Å². The van der Waals surface area contributed by atoms with Crippen LogP contribution >= 0.6 is 0 Å². The molecule has 1 aromatic heterocycles. The molecule has 0 saturated carbocycles. The van der Waals surface area contributed by atoms with E-state index in [0.29, 0.717) is 5.56 Å². The standard InChI is InChI=1S/C17H19FN2O4/c1-17(2,24)15(22)16(23)19-13-6-7-14(21)20(10-13)9-11-4-3-5-12(18)8-11/h3-8,10,15,22,24H,9H2,1-2H3,(H,19,23). The molecule has 0 spiro atoms. The van der Waals surface area contributed by atoms with Crippen LogP contribution in [0.2, 0.25) is 0 Å². The van der Waals surface area contributed by atoms with E-state index in [2.05, 4.69) is 5.32 Å². The number of hydrogen-bond acceptors (Lipinski definition) is 4. The number of nitrogens with one attached hydrogen (secondary N) is 1. The zero-order valence-electron chi connectivity index (χ0n) is 13.4. The number of rotatable bonds is 5. The molecule has 1 heterocycles. The molecule has 0 saturated heterocycles. The average Bonchev–Trinajstić information content (AvgIpc) is 2.49. The van der Waals surface area contributed by atoms with Crippen molar-refractivity contribution < 1.29 is 19.4 Å². The van der Waals surface area contributed by atoms with Crippen molar-refractivity contribution in [2.75, 3.05) is 5.32 Å². The van der Waals surface area contributed by atoms with Crippen LogP contribution in [0.1, 0.15) is 19.4 Å². The van der Waals surface area contributed by atoms with Crippen LogP contribution in [-0.4, -0.2) is 32.4 Å². The summed E-state index contributed by atoms with van der Waals surface area (Å²) in [7, 11) is 0. The molecule has 0 bridgehead atoms. The monoisotopic (exact) mass is 334 g/mol. The SMILES string of the molecule is CC(C)(O)C(O)C(=O)Nc1ccc(=O)n(Cc2cccc(F)c2)c1. The summed E-state index contributed by atoms with van der Waals surface area (Å²) in [6.07, 6.45) is -0.233. The van der Waals surface area contributed by atoms with Gasteiger partial charge >= 0.3 is 0 Å². The maximum absolute atomic E-state index is 13.2. The number of nitrogens with zero attached hydrogens (tertiary/aromatic N) is 1. The summed E-state index contributed by atoms with van der Waals surface area (Å²) in [5.41, 5.74) is -1.04. The summed E-state index contributed by atoms with van der Waals surface area (Å²) in [5.74, 6) is -1.20. The summed E-state index contributed by atoms with van der Waals surface area (Å²) in [6, 6.07) is 8.49. The van der Waals surface area contributed by atoms with Gasteiger partial charge in [-0.1, -0.05) is 12.1 Å². The number of hydrogen-bond donors (Lipinski definition) is 3. The number of carbonyl (C=O) groups excluding carboxylic acids is 1. The van der Waals surface area contributed by atoms with E-state index in [1.54, 1.807) is 12.1 Å². The van der Waals surface area contributed by atoms with E-state index < -0.39 is 23.4 Å². The average molecular weight is 334 g/mol. The summed E-state index contributed by atoms with van der Waals surface area (Å²) < 4.78 is 14.5. The first kappa shape index (κ1) is 17.8. The summed E-state index contributed by atoms with van der Waals surface area (Å²) in [5, 5.41) is 21.8. The van der Waals surface area contributed by atoms with Gasteiger partial charge in [-0.25, -0.2) is 4.39 Å². The van der Waals surface area contributed by atoms with Crippen LogP contribution < -0.4 is 10.9 Å². The van der Waals surface area contributed by atoms with Gasteiger partial charge in [0.05, 0.1) is 17.8 Å². The second kappa shape index (κ2) is 6.94. The Bertz CT molecular complexity index is 796. The van der Waals surface area contributed by atoms with Gasteiger partial charge in [-0.05, 0) is 37.6 Å².